The molecule has 0 spiro atoms. The Morgan fingerprint density at radius 3 is 2.63 bits per heavy atom. The molecule has 108 valence electrons. The maximum atomic E-state index is 12.2. The fourth-order valence-corrected chi connectivity index (χ4v) is 3.15. The van der Waals surface area contributed by atoms with E-state index in [1.807, 2.05) is 13.8 Å². The monoisotopic (exact) mass is 286 g/mol. The van der Waals surface area contributed by atoms with Crippen LogP contribution >= 0.6 is 0 Å². The smallest absolute Gasteiger partial charge is 0.240 e. The summed E-state index contributed by atoms with van der Waals surface area (Å²) in [6, 6.07) is 4.89. The van der Waals surface area contributed by atoms with Crippen molar-refractivity contribution in [1.29, 1.82) is 0 Å². The van der Waals surface area contributed by atoms with E-state index in [0.717, 1.165) is 5.56 Å². The number of rotatable bonds is 7. The molecule has 19 heavy (non-hydrogen) atoms. The minimum absolute atomic E-state index is 0.218. The van der Waals surface area contributed by atoms with Gasteiger partial charge in [0.2, 0.25) is 10.0 Å². The zero-order valence-corrected chi connectivity index (χ0v) is 12.2. The fourth-order valence-electron chi connectivity index (χ4n) is 1.76. The van der Waals surface area contributed by atoms with E-state index in [1.165, 1.54) is 6.07 Å². The van der Waals surface area contributed by atoms with Crippen molar-refractivity contribution in [2.75, 3.05) is 12.3 Å². The summed E-state index contributed by atoms with van der Waals surface area (Å²) in [6.07, 6.45) is 1.16. The number of hydrogen-bond donors (Lipinski definition) is 3. The van der Waals surface area contributed by atoms with Gasteiger partial charge in [0.05, 0.1) is 11.0 Å². The molecule has 0 saturated heterocycles. The average molecular weight is 286 g/mol. The molecule has 1 atom stereocenters. The van der Waals surface area contributed by atoms with Gasteiger partial charge >= 0.3 is 0 Å². The third-order valence-electron chi connectivity index (χ3n) is 3.00. The highest BCUT2D eigenvalue weighted by atomic mass is 32.2. The van der Waals surface area contributed by atoms with E-state index in [0.29, 0.717) is 24.9 Å². The standard InChI is InChI=1S/C13H22N2O3S/c1-3-10-5-6-11(14)9-13(10)19(17,18)15-8-7-12(16)4-2/h5-6,9,12,15-16H,3-4,7-8,14H2,1-2H3. The first-order valence-electron chi connectivity index (χ1n) is 6.46. The Hall–Kier alpha value is -1.11. The first kappa shape index (κ1) is 15.9. The largest absolute Gasteiger partial charge is 0.399 e. The summed E-state index contributed by atoms with van der Waals surface area (Å²) in [5.74, 6) is 0. The van der Waals surface area contributed by atoms with Gasteiger partial charge in [-0.1, -0.05) is 19.9 Å². The summed E-state index contributed by atoms with van der Waals surface area (Å²) < 4.78 is 26.9. The molecule has 0 amide bonds. The summed E-state index contributed by atoms with van der Waals surface area (Å²) >= 11 is 0. The predicted octanol–water partition coefficient (Wildman–Crippen LogP) is 1.27. The molecule has 4 N–H and O–H groups in total. The van der Waals surface area contributed by atoms with Gasteiger partial charge in [0.1, 0.15) is 0 Å². The van der Waals surface area contributed by atoms with Crippen LogP contribution in [-0.2, 0) is 16.4 Å². The average Bonchev–Trinajstić information content (AvgIpc) is 2.38. The van der Waals surface area contributed by atoms with Gasteiger partial charge in [-0.05, 0) is 37.0 Å². The predicted molar refractivity (Wildman–Crippen MR) is 76.3 cm³/mol. The molecule has 0 bridgehead atoms. The van der Waals surface area contributed by atoms with E-state index in [2.05, 4.69) is 4.72 Å². The van der Waals surface area contributed by atoms with Gasteiger partial charge in [-0.25, -0.2) is 13.1 Å². The zero-order valence-electron chi connectivity index (χ0n) is 11.4. The number of nitrogens with one attached hydrogen (secondary N) is 1. The van der Waals surface area contributed by atoms with E-state index in [9.17, 15) is 13.5 Å². The number of benzene rings is 1. The van der Waals surface area contributed by atoms with Crippen molar-refractivity contribution in [3.05, 3.63) is 23.8 Å². The molecule has 5 nitrogen and oxygen atoms in total. The highest BCUT2D eigenvalue weighted by Gasteiger charge is 2.18. The molecule has 0 saturated carbocycles. The summed E-state index contributed by atoms with van der Waals surface area (Å²) in [6.45, 7) is 3.97. The maximum Gasteiger partial charge on any atom is 0.240 e. The van der Waals surface area contributed by atoms with Crippen LogP contribution in [0, 0.1) is 0 Å². The van der Waals surface area contributed by atoms with Crippen LogP contribution in [0.3, 0.4) is 0 Å². The normalized spacial score (nSPS) is 13.4. The lowest BCUT2D eigenvalue weighted by Crippen LogP contribution is -2.28. The number of sulfonamides is 1. The minimum atomic E-state index is -3.57. The van der Waals surface area contributed by atoms with Crippen LogP contribution < -0.4 is 10.5 Å². The Kier molecular flexibility index (Phi) is 5.78. The first-order valence-corrected chi connectivity index (χ1v) is 7.95. The van der Waals surface area contributed by atoms with Gasteiger partial charge < -0.3 is 10.8 Å². The second-order valence-electron chi connectivity index (χ2n) is 4.47. The second kappa shape index (κ2) is 6.88. The summed E-state index contributed by atoms with van der Waals surface area (Å²) in [7, 11) is -3.57. The minimum Gasteiger partial charge on any atom is -0.399 e. The molecular formula is C13H22N2O3S. The van der Waals surface area contributed by atoms with Crippen LogP contribution in [0.2, 0.25) is 0 Å². The molecule has 1 rings (SSSR count). The molecule has 0 heterocycles. The number of aliphatic hydroxyl groups excluding tert-OH is 1. The van der Waals surface area contributed by atoms with Crippen LogP contribution in [0.15, 0.2) is 23.1 Å². The van der Waals surface area contributed by atoms with Crippen molar-refractivity contribution >= 4 is 15.7 Å². The van der Waals surface area contributed by atoms with Crippen LogP contribution in [0.25, 0.3) is 0 Å². The number of aliphatic hydroxyl groups is 1. The van der Waals surface area contributed by atoms with Crippen molar-refractivity contribution in [2.24, 2.45) is 0 Å². The number of nitrogens with two attached hydrogens (primary N) is 1. The van der Waals surface area contributed by atoms with E-state index < -0.39 is 16.1 Å². The number of anilines is 1. The molecule has 0 aliphatic heterocycles. The van der Waals surface area contributed by atoms with Gasteiger partial charge in [-0.3, -0.25) is 0 Å². The Bertz CT molecular complexity index is 515. The van der Waals surface area contributed by atoms with Gasteiger partial charge in [-0.2, -0.15) is 0 Å². The quantitative estimate of drug-likeness (QED) is 0.658. The first-order chi connectivity index (χ1) is 8.90. The summed E-state index contributed by atoms with van der Waals surface area (Å²) in [5, 5.41) is 9.42. The third kappa shape index (κ3) is 4.49. The van der Waals surface area contributed by atoms with Gasteiger partial charge in [0.15, 0.2) is 0 Å². The molecule has 0 radical (unpaired) electrons. The molecule has 6 heteroatoms. The SMILES string of the molecule is CCc1ccc(N)cc1S(=O)(=O)NCCC(O)CC. The van der Waals surface area contributed by atoms with Crippen molar-refractivity contribution in [3.63, 3.8) is 0 Å². The van der Waals surface area contributed by atoms with Gasteiger partial charge in [-0.15, -0.1) is 0 Å². The molecular weight excluding hydrogens is 264 g/mol. The third-order valence-corrected chi connectivity index (χ3v) is 4.55. The lowest BCUT2D eigenvalue weighted by molar-refractivity contribution is 0.162. The maximum absolute atomic E-state index is 12.2. The molecule has 0 aromatic heterocycles. The second-order valence-corrected chi connectivity index (χ2v) is 6.20. The zero-order chi connectivity index (χ0) is 14.5. The summed E-state index contributed by atoms with van der Waals surface area (Å²) in [4.78, 5) is 0.223. The van der Waals surface area contributed by atoms with E-state index in [-0.39, 0.29) is 11.4 Å². The van der Waals surface area contributed by atoms with Crippen LogP contribution in [0.1, 0.15) is 32.3 Å². The highest BCUT2D eigenvalue weighted by Crippen LogP contribution is 2.19. The van der Waals surface area contributed by atoms with Crippen molar-refractivity contribution in [1.82, 2.24) is 4.72 Å². The van der Waals surface area contributed by atoms with E-state index in [1.54, 1.807) is 12.1 Å². The van der Waals surface area contributed by atoms with Gasteiger partial charge in [0, 0.05) is 12.2 Å². The van der Waals surface area contributed by atoms with E-state index in [4.69, 9.17) is 5.73 Å². The van der Waals surface area contributed by atoms with E-state index >= 15 is 0 Å². The van der Waals surface area contributed by atoms with Gasteiger partial charge in [0.25, 0.3) is 0 Å². The van der Waals surface area contributed by atoms with Crippen LogP contribution in [-0.4, -0.2) is 26.2 Å². The Morgan fingerprint density at radius 1 is 1.37 bits per heavy atom. The lowest BCUT2D eigenvalue weighted by atomic mass is 10.1. The number of nitrogen functional groups attached to an aromatic ring is 1. The molecule has 0 aliphatic carbocycles. The molecule has 0 aliphatic rings. The Balaban J connectivity index is 2.85. The summed E-state index contributed by atoms with van der Waals surface area (Å²) in [5.41, 5.74) is 6.80. The van der Waals surface area contributed by atoms with Crippen LogP contribution in [0.5, 0.6) is 0 Å². The number of aryl methyl sites for hydroxylation is 1. The topological polar surface area (TPSA) is 92.4 Å². The molecule has 1 aromatic rings. The lowest BCUT2D eigenvalue weighted by Gasteiger charge is -2.12. The molecule has 1 aromatic carbocycles. The number of hydrogen-bond acceptors (Lipinski definition) is 4. The van der Waals surface area contributed by atoms with Crippen LogP contribution in [0.4, 0.5) is 5.69 Å². The van der Waals surface area contributed by atoms with Crippen molar-refractivity contribution < 1.29 is 13.5 Å². The van der Waals surface area contributed by atoms with Crippen molar-refractivity contribution in [2.45, 2.75) is 44.1 Å². The van der Waals surface area contributed by atoms with Crippen molar-refractivity contribution in [3.8, 4) is 0 Å². The molecule has 0 fully saturated rings. The Morgan fingerprint density at radius 2 is 2.05 bits per heavy atom. The fraction of sp³-hybridized carbons (Fsp3) is 0.538. The Labute approximate surface area is 114 Å². The highest BCUT2D eigenvalue weighted by molar-refractivity contribution is 7.89. The molecule has 1 unspecified atom stereocenters.